The first-order chi connectivity index (χ1) is 10.9. The van der Waals surface area contributed by atoms with Gasteiger partial charge in [-0.15, -0.1) is 12.4 Å². The van der Waals surface area contributed by atoms with Crippen molar-refractivity contribution in [2.75, 3.05) is 39.4 Å². The highest BCUT2D eigenvalue weighted by Crippen LogP contribution is 2.23. The molecule has 140 valence electrons. The number of likely N-dealkylation sites (tertiary alicyclic amines) is 1. The molecule has 6 nitrogen and oxygen atoms in total. The highest BCUT2D eigenvalue weighted by molar-refractivity contribution is 5.85. The van der Waals surface area contributed by atoms with E-state index < -0.39 is 12.1 Å². The maximum absolute atomic E-state index is 12.3. The second-order valence-corrected chi connectivity index (χ2v) is 5.97. The molecule has 0 aromatic heterocycles. The van der Waals surface area contributed by atoms with Crippen molar-refractivity contribution in [3.8, 4) is 0 Å². The normalized spacial score (nSPS) is 22.6. The molecule has 0 bridgehead atoms. The monoisotopic (exact) mass is 373 g/mol. The van der Waals surface area contributed by atoms with Crippen LogP contribution in [0.15, 0.2) is 0 Å². The SMILES string of the molecule is Cl.O=C(CC1COCCN1)NCC1CCN(C(=O)C(F)(F)F)CC1. The number of nitrogens with zero attached hydrogens (tertiary/aromatic N) is 1. The van der Waals surface area contributed by atoms with Crippen molar-refractivity contribution in [2.24, 2.45) is 5.92 Å². The van der Waals surface area contributed by atoms with Gasteiger partial charge in [-0.05, 0) is 18.8 Å². The van der Waals surface area contributed by atoms with Crippen LogP contribution in [0.2, 0.25) is 0 Å². The van der Waals surface area contributed by atoms with Crippen LogP contribution in [-0.4, -0.2) is 68.3 Å². The van der Waals surface area contributed by atoms with Gasteiger partial charge in [-0.3, -0.25) is 9.59 Å². The molecule has 10 heteroatoms. The number of morpholine rings is 1. The van der Waals surface area contributed by atoms with Crippen molar-refractivity contribution in [1.29, 1.82) is 0 Å². The Kier molecular flexibility index (Phi) is 8.24. The van der Waals surface area contributed by atoms with E-state index >= 15 is 0 Å². The molecule has 2 amide bonds. The Morgan fingerprint density at radius 2 is 1.92 bits per heavy atom. The van der Waals surface area contributed by atoms with Gasteiger partial charge in [-0.25, -0.2) is 0 Å². The third-order valence-electron chi connectivity index (χ3n) is 4.16. The van der Waals surface area contributed by atoms with E-state index in [9.17, 15) is 22.8 Å². The highest BCUT2D eigenvalue weighted by Gasteiger charge is 2.43. The average Bonchev–Trinajstić information content (AvgIpc) is 2.53. The van der Waals surface area contributed by atoms with E-state index in [1.54, 1.807) is 0 Å². The number of piperidine rings is 1. The number of carbonyl (C=O) groups is 2. The van der Waals surface area contributed by atoms with E-state index in [0.717, 1.165) is 11.4 Å². The number of hydrogen-bond acceptors (Lipinski definition) is 4. The zero-order valence-electron chi connectivity index (χ0n) is 13.2. The van der Waals surface area contributed by atoms with Crippen LogP contribution >= 0.6 is 12.4 Å². The van der Waals surface area contributed by atoms with E-state index in [1.165, 1.54) is 0 Å². The summed E-state index contributed by atoms with van der Waals surface area (Å²) in [7, 11) is 0. The number of hydrogen-bond donors (Lipinski definition) is 2. The molecule has 1 atom stereocenters. The molecule has 1 unspecified atom stereocenters. The maximum Gasteiger partial charge on any atom is 0.471 e. The molecule has 0 aromatic carbocycles. The van der Waals surface area contributed by atoms with Gasteiger partial charge in [0.2, 0.25) is 5.91 Å². The van der Waals surface area contributed by atoms with Crippen LogP contribution in [0.4, 0.5) is 13.2 Å². The van der Waals surface area contributed by atoms with Crippen LogP contribution in [0, 0.1) is 5.92 Å². The number of nitrogens with one attached hydrogen (secondary N) is 2. The Bertz CT molecular complexity index is 423. The summed E-state index contributed by atoms with van der Waals surface area (Å²) in [5.41, 5.74) is 0. The second kappa shape index (κ2) is 9.43. The minimum absolute atomic E-state index is 0. The van der Waals surface area contributed by atoms with Gasteiger partial charge in [-0.1, -0.05) is 0 Å². The smallest absolute Gasteiger partial charge is 0.378 e. The third kappa shape index (κ3) is 6.45. The lowest BCUT2D eigenvalue weighted by Gasteiger charge is -2.32. The second-order valence-electron chi connectivity index (χ2n) is 5.97. The van der Waals surface area contributed by atoms with Crippen LogP contribution in [-0.2, 0) is 14.3 Å². The molecule has 2 fully saturated rings. The van der Waals surface area contributed by atoms with Gasteiger partial charge in [-0.2, -0.15) is 13.2 Å². The summed E-state index contributed by atoms with van der Waals surface area (Å²) < 4.78 is 42.3. The molecule has 2 aliphatic rings. The number of rotatable bonds is 4. The highest BCUT2D eigenvalue weighted by atomic mass is 35.5. The van der Waals surface area contributed by atoms with Gasteiger partial charge in [0.1, 0.15) is 0 Å². The lowest BCUT2D eigenvalue weighted by Crippen LogP contribution is -2.47. The fraction of sp³-hybridized carbons (Fsp3) is 0.857. The average molecular weight is 374 g/mol. The first kappa shape index (κ1) is 21.0. The largest absolute Gasteiger partial charge is 0.471 e. The number of amides is 2. The molecular formula is C14H23ClF3N3O3. The molecule has 2 N–H and O–H groups in total. The zero-order valence-corrected chi connectivity index (χ0v) is 14.0. The van der Waals surface area contributed by atoms with Crippen molar-refractivity contribution in [1.82, 2.24) is 15.5 Å². The van der Waals surface area contributed by atoms with Crippen molar-refractivity contribution in [2.45, 2.75) is 31.5 Å². The summed E-state index contributed by atoms with van der Waals surface area (Å²) in [6.07, 6.45) is -3.55. The van der Waals surface area contributed by atoms with Gasteiger partial charge in [0.15, 0.2) is 0 Å². The molecule has 0 aromatic rings. The summed E-state index contributed by atoms with van der Waals surface area (Å²) in [6.45, 7) is 2.47. The molecule has 0 aliphatic carbocycles. The number of ether oxygens (including phenoxy) is 1. The molecule has 0 spiro atoms. The topological polar surface area (TPSA) is 70.7 Å². The standard InChI is InChI=1S/C14H22F3N3O3.ClH/c15-14(16,17)13(22)20-4-1-10(2-5-20)8-19-12(21)7-11-9-23-6-3-18-11;/h10-11,18H,1-9H2,(H,19,21);1H. The minimum Gasteiger partial charge on any atom is -0.378 e. The van der Waals surface area contributed by atoms with Gasteiger partial charge >= 0.3 is 12.1 Å². The summed E-state index contributed by atoms with van der Waals surface area (Å²) in [4.78, 5) is 23.8. The number of carbonyl (C=O) groups excluding carboxylic acids is 2. The molecule has 0 radical (unpaired) electrons. The molecule has 24 heavy (non-hydrogen) atoms. The van der Waals surface area contributed by atoms with Crippen LogP contribution in [0.25, 0.3) is 0 Å². The van der Waals surface area contributed by atoms with E-state index in [0.29, 0.717) is 39.0 Å². The van der Waals surface area contributed by atoms with Crippen LogP contribution in [0.3, 0.4) is 0 Å². The van der Waals surface area contributed by atoms with E-state index in [2.05, 4.69) is 10.6 Å². The lowest BCUT2D eigenvalue weighted by molar-refractivity contribution is -0.186. The number of halogens is 4. The molecule has 2 aliphatic heterocycles. The summed E-state index contributed by atoms with van der Waals surface area (Å²) in [5, 5.41) is 6.00. The van der Waals surface area contributed by atoms with Gasteiger partial charge in [0.25, 0.3) is 0 Å². The molecule has 2 saturated heterocycles. The molecule has 0 saturated carbocycles. The predicted molar refractivity (Wildman–Crippen MR) is 82.8 cm³/mol. The summed E-state index contributed by atoms with van der Waals surface area (Å²) >= 11 is 0. The van der Waals surface area contributed by atoms with Crippen LogP contribution in [0.5, 0.6) is 0 Å². The van der Waals surface area contributed by atoms with Gasteiger partial charge in [0.05, 0.1) is 13.2 Å². The third-order valence-corrected chi connectivity index (χ3v) is 4.16. The van der Waals surface area contributed by atoms with Crippen molar-refractivity contribution in [3.63, 3.8) is 0 Å². The Hall–Kier alpha value is -1.06. The lowest BCUT2D eigenvalue weighted by atomic mass is 9.96. The summed E-state index contributed by atoms with van der Waals surface area (Å²) in [5.74, 6) is -1.77. The fourth-order valence-electron chi connectivity index (χ4n) is 2.82. The Balaban J connectivity index is 0.00000288. The maximum atomic E-state index is 12.3. The Labute approximate surface area is 144 Å². The quantitative estimate of drug-likeness (QED) is 0.761. The molecule has 2 heterocycles. The minimum atomic E-state index is -4.81. The van der Waals surface area contributed by atoms with Crippen molar-refractivity contribution < 1.29 is 27.5 Å². The Morgan fingerprint density at radius 1 is 1.25 bits per heavy atom. The van der Waals surface area contributed by atoms with Crippen molar-refractivity contribution >= 4 is 24.2 Å². The van der Waals surface area contributed by atoms with E-state index in [1.807, 2.05) is 0 Å². The first-order valence-corrected chi connectivity index (χ1v) is 7.80. The molecular weight excluding hydrogens is 351 g/mol. The summed E-state index contributed by atoms with van der Waals surface area (Å²) in [6, 6.07) is 0.00926. The van der Waals surface area contributed by atoms with E-state index in [-0.39, 0.29) is 43.4 Å². The Morgan fingerprint density at radius 3 is 2.46 bits per heavy atom. The molecule has 2 rings (SSSR count). The van der Waals surface area contributed by atoms with Crippen molar-refractivity contribution in [3.05, 3.63) is 0 Å². The van der Waals surface area contributed by atoms with Gasteiger partial charge in [0, 0.05) is 38.6 Å². The number of alkyl halides is 3. The van der Waals surface area contributed by atoms with Crippen LogP contribution < -0.4 is 10.6 Å². The predicted octanol–water partition coefficient (Wildman–Crippen LogP) is 0.704. The first-order valence-electron chi connectivity index (χ1n) is 7.80. The van der Waals surface area contributed by atoms with Crippen LogP contribution in [0.1, 0.15) is 19.3 Å². The van der Waals surface area contributed by atoms with E-state index in [4.69, 9.17) is 4.74 Å². The van der Waals surface area contributed by atoms with Gasteiger partial charge < -0.3 is 20.3 Å². The fourth-order valence-corrected chi connectivity index (χ4v) is 2.82. The zero-order chi connectivity index (χ0) is 16.9.